The average molecular weight is 641 g/mol. The van der Waals surface area contributed by atoms with Crippen LogP contribution in [0.2, 0.25) is 0 Å². The molecule has 0 bridgehead atoms. The first-order chi connectivity index (χ1) is 22.6. The molecule has 1 fully saturated rings. The monoisotopic (exact) mass is 640 g/mol. The number of amides is 1. The first kappa shape index (κ1) is 32.6. The van der Waals surface area contributed by atoms with E-state index in [1.165, 1.54) is 6.33 Å². The number of hydrogen-bond acceptors (Lipinski definition) is 9. The van der Waals surface area contributed by atoms with Crippen molar-refractivity contribution in [2.75, 3.05) is 37.8 Å². The molecule has 0 saturated carbocycles. The summed E-state index contributed by atoms with van der Waals surface area (Å²) < 4.78 is 9.37. The number of ether oxygens (including phenoxy) is 1. The van der Waals surface area contributed by atoms with Gasteiger partial charge in [-0.15, -0.1) is 0 Å². The summed E-state index contributed by atoms with van der Waals surface area (Å²) in [5.74, 6) is -1.55. The van der Waals surface area contributed by atoms with Crippen LogP contribution in [-0.2, 0) is 16.6 Å². The van der Waals surface area contributed by atoms with Crippen LogP contribution >= 0.6 is 0 Å². The highest BCUT2D eigenvalue weighted by molar-refractivity contribution is 6.07. The number of nitrogens with two attached hydrogens (primary N) is 1. The van der Waals surface area contributed by atoms with Crippen molar-refractivity contribution in [3.05, 3.63) is 78.4 Å². The number of likely N-dealkylation sites (tertiary alicyclic amines) is 1. The van der Waals surface area contributed by atoms with Crippen LogP contribution in [-0.4, -0.2) is 84.0 Å². The Morgan fingerprint density at radius 1 is 1.04 bits per heavy atom. The van der Waals surface area contributed by atoms with Gasteiger partial charge in [0.15, 0.2) is 5.82 Å². The lowest BCUT2D eigenvalue weighted by atomic mass is 9.93. The van der Waals surface area contributed by atoms with Gasteiger partial charge in [0.2, 0.25) is 0 Å². The van der Waals surface area contributed by atoms with E-state index in [0.717, 1.165) is 60.3 Å². The predicted molar refractivity (Wildman–Crippen MR) is 177 cm³/mol. The number of nitrogens with zero attached hydrogens (tertiary/aromatic N) is 6. The van der Waals surface area contributed by atoms with Crippen LogP contribution in [0.1, 0.15) is 41.9 Å². The number of anilines is 2. The molecule has 1 aliphatic heterocycles. The molecule has 1 amide bonds. The summed E-state index contributed by atoms with van der Waals surface area (Å²) >= 11 is 0. The molecule has 3 aromatic heterocycles. The summed E-state index contributed by atoms with van der Waals surface area (Å²) in [6.45, 7) is 5.32. The number of aromatic nitrogens is 5. The van der Waals surface area contributed by atoms with E-state index in [9.17, 15) is 14.4 Å². The number of carbonyl (C=O) groups excluding carboxylic acids is 1. The smallest absolute Gasteiger partial charge is 0.328 e. The van der Waals surface area contributed by atoms with Crippen molar-refractivity contribution in [2.45, 2.75) is 25.7 Å². The molecular weight excluding hydrogens is 604 g/mol. The van der Waals surface area contributed by atoms with Gasteiger partial charge in [0, 0.05) is 42.1 Å². The quantitative estimate of drug-likeness (QED) is 0.179. The van der Waals surface area contributed by atoms with Crippen molar-refractivity contribution in [2.24, 2.45) is 7.05 Å². The maximum absolute atomic E-state index is 13.2. The third-order valence-electron chi connectivity index (χ3n) is 8.16. The molecule has 0 radical (unpaired) electrons. The minimum Gasteiger partial charge on any atom is -0.494 e. The highest BCUT2D eigenvalue weighted by atomic mass is 16.5. The average Bonchev–Trinajstić information content (AvgIpc) is 3.63. The normalized spacial score (nSPS) is 13.9. The van der Waals surface area contributed by atoms with Gasteiger partial charge < -0.3 is 35.5 Å². The number of methoxy groups -OCH3 is 1. The molecule has 6 rings (SSSR count). The van der Waals surface area contributed by atoms with Gasteiger partial charge in [0.25, 0.3) is 5.91 Å². The van der Waals surface area contributed by atoms with Crippen molar-refractivity contribution < 1.29 is 29.3 Å². The summed E-state index contributed by atoms with van der Waals surface area (Å²) in [7, 11) is 3.47. The fourth-order valence-corrected chi connectivity index (χ4v) is 5.73. The van der Waals surface area contributed by atoms with Crippen molar-refractivity contribution >= 4 is 51.3 Å². The fourth-order valence-electron chi connectivity index (χ4n) is 5.73. The highest BCUT2D eigenvalue weighted by Crippen LogP contribution is 2.35. The van der Waals surface area contributed by atoms with Crippen molar-refractivity contribution in [1.29, 1.82) is 0 Å². The van der Waals surface area contributed by atoms with Crippen molar-refractivity contribution in [3.63, 3.8) is 0 Å². The molecular formula is C33H36N8O6. The molecule has 1 aliphatic rings. The Hall–Kier alpha value is -5.76. The number of carbonyl (C=O) groups is 3. The van der Waals surface area contributed by atoms with E-state index in [0.29, 0.717) is 46.5 Å². The number of fused-ring (bicyclic) bond motifs is 2. The Balaban J connectivity index is 0.000000483. The largest absolute Gasteiger partial charge is 0.494 e. The topological polar surface area (TPSA) is 191 Å². The molecule has 244 valence electrons. The van der Waals surface area contributed by atoms with Crippen LogP contribution < -0.4 is 15.8 Å². The number of aryl methyl sites for hydroxylation is 1. The molecule has 5 N–H and O–H groups in total. The minimum absolute atomic E-state index is 0.220. The van der Waals surface area contributed by atoms with Gasteiger partial charge in [-0.1, -0.05) is 25.1 Å². The number of piperidine rings is 1. The number of carboxylic acids is 2. The Kier molecular flexibility index (Phi) is 9.80. The Morgan fingerprint density at radius 3 is 2.38 bits per heavy atom. The fraction of sp³-hybridized carbons (Fsp3) is 0.273. The van der Waals surface area contributed by atoms with Gasteiger partial charge in [-0.25, -0.2) is 24.2 Å². The number of hydrogen-bond donors (Lipinski definition) is 4. The molecule has 1 saturated heterocycles. The van der Waals surface area contributed by atoms with Crippen LogP contribution in [0, 0.1) is 0 Å². The number of nitrogens with one attached hydrogen (secondary N) is 1. The molecule has 4 heterocycles. The molecule has 47 heavy (non-hydrogen) atoms. The molecule has 0 unspecified atom stereocenters. The van der Waals surface area contributed by atoms with Crippen molar-refractivity contribution in [3.8, 4) is 11.4 Å². The zero-order valence-corrected chi connectivity index (χ0v) is 26.3. The number of para-hydroxylation sites is 1. The van der Waals surface area contributed by atoms with Crippen LogP contribution in [0.5, 0.6) is 5.75 Å². The van der Waals surface area contributed by atoms with E-state index in [1.807, 2.05) is 60.1 Å². The molecule has 0 atom stereocenters. The lowest BCUT2D eigenvalue weighted by Crippen LogP contribution is -2.32. The molecule has 2 aromatic carbocycles. The summed E-state index contributed by atoms with van der Waals surface area (Å²) in [5, 5.41) is 24.7. The second-order valence-electron chi connectivity index (χ2n) is 11.0. The number of nitrogen functional groups attached to an aromatic ring is 1. The maximum atomic E-state index is 13.2. The van der Waals surface area contributed by atoms with Crippen LogP contribution in [0.15, 0.2) is 67.0 Å². The van der Waals surface area contributed by atoms with Crippen LogP contribution in [0.25, 0.3) is 27.6 Å². The maximum Gasteiger partial charge on any atom is 0.328 e. The Bertz CT molecular complexity index is 1960. The summed E-state index contributed by atoms with van der Waals surface area (Å²) in [6, 6.07) is 15.4. The van der Waals surface area contributed by atoms with Gasteiger partial charge in [-0.05, 0) is 56.7 Å². The lowest BCUT2D eigenvalue weighted by Gasteiger charge is -2.30. The van der Waals surface area contributed by atoms with Crippen molar-refractivity contribution in [1.82, 2.24) is 29.2 Å². The number of aliphatic carboxylic acids is 2. The Labute approximate surface area is 270 Å². The van der Waals surface area contributed by atoms with E-state index in [-0.39, 0.29) is 5.91 Å². The van der Waals surface area contributed by atoms with E-state index in [2.05, 4.69) is 27.1 Å². The van der Waals surface area contributed by atoms with Gasteiger partial charge in [0.1, 0.15) is 28.8 Å². The van der Waals surface area contributed by atoms with Gasteiger partial charge >= 0.3 is 11.9 Å². The van der Waals surface area contributed by atoms with Gasteiger partial charge in [0.05, 0.1) is 24.2 Å². The first-order valence-corrected chi connectivity index (χ1v) is 15.0. The summed E-state index contributed by atoms with van der Waals surface area (Å²) in [4.78, 5) is 43.6. The molecule has 14 nitrogen and oxygen atoms in total. The highest BCUT2D eigenvalue weighted by Gasteiger charge is 2.27. The Morgan fingerprint density at radius 2 is 1.74 bits per heavy atom. The number of rotatable bonds is 8. The third-order valence-corrected chi connectivity index (χ3v) is 8.16. The second-order valence-corrected chi connectivity index (χ2v) is 11.0. The van der Waals surface area contributed by atoms with E-state index in [4.69, 9.17) is 25.8 Å². The first-order valence-electron chi connectivity index (χ1n) is 15.0. The van der Waals surface area contributed by atoms with Gasteiger partial charge in [-0.3, -0.25) is 4.79 Å². The zero-order valence-electron chi connectivity index (χ0n) is 26.3. The predicted octanol–water partition coefficient (Wildman–Crippen LogP) is 4.06. The third kappa shape index (κ3) is 7.07. The molecule has 0 aliphatic carbocycles. The number of benzene rings is 2. The summed E-state index contributed by atoms with van der Waals surface area (Å²) in [5.41, 5.74) is 11.6. The van der Waals surface area contributed by atoms with E-state index >= 15 is 0 Å². The standard InChI is InChI=1S/C29H32N8O2.C4H4O4/c1-4-36-13-11-18(12-14-36)25-26-27(28(30)32-17-31-26)37(34-25)20-9-10-21(24(16-20)39-3)33-29(38)23-15-19-7-5-6-8-22(19)35(23)2;5-3(6)1-2-4(7)8/h5-10,15-18H,4,11-14H2,1-3H3,(H,33,38)(H2,30,31,32);1-2H,(H,5,6)(H,7,8)/b;2-1-. The van der Waals surface area contributed by atoms with E-state index in [1.54, 1.807) is 11.8 Å². The molecule has 0 spiro atoms. The molecule has 14 heteroatoms. The van der Waals surface area contributed by atoms with Gasteiger partial charge in [-0.2, -0.15) is 5.10 Å². The molecule has 5 aromatic rings. The zero-order chi connectivity index (χ0) is 33.7. The van der Waals surface area contributed by atoms with E-state index < -0.39 is 11.9 Å². The summed E-state index contributed by atoms with van der Waals surface area (Å²) in [6.07, 6.45) is 4.66. The number of carboxylic acid groups (broad SMARTS) is 2. The minimum atomic E-state index is -1.26. The lowest BCUT2D eigenvalue weighted by molar-refractivity contribution is -0.134. The van der Waals surface area contributed by atoms with Crippen LogP contribution in [0.3, 0.4) is 0 Å². The second kappa shape index (κ2) is 14.1. The SMILES string of the molecule is CCN1CCC(c2nn(-c3ccc(NC(=O)c4cc5ccccc5n4C)c(OC)c3)c3c(N)ncnc23)CC1.O=C(O)/C=C\C(=O)O. The van der Waals surface area contributed by atoms with Crippen LogP contribution in [0.4, 0.5) is 11.5 Å².